The average Bonchev–Trinajstić information content (AvgIpc) is 3.04. The Labute approximate surface area is 265 Å². The van der Waals surface area contributed by atoms with Crippen molar-refractivity contribution < 1.29 is 23.9 Å². The number of amides is 3. The lowest BCUT2D eigenvalue weighted by Crippen LogP contribution is -2.30. The van der Waals surface area contributed by atoms with Crippen LogP contribution in [0.2, 0.25) is 5.02 Å². The quantitative estimate of drug-likeness (QED) is 0.112. The van der Waals surface area contributed by atoms with E-state index in [4.69, 9.17) is 21.1 Å². The minimum Gasteiger partial charge on any atom is -0.493 e. The largest absolute Gasteiger partial charge is 0.493 e. The van der Waals surface area contributed by atoms with Gasteiger partial charge in [0.2, 0.25) is 5.91 Å². The summed E-state index contributed by atoms with van der Waals surface area (Å²) in [7, 11) is 3.02. The van der Waals surface area contributed by atoms with Crippen molar-refractivity contribution in [3.05, 3.63) is 119 Å². The number of ether oxygens (including phenoxy) is 2. The summed E-state index contributed by atoms with van der Waals surface area (Å²) in [5.41, 5.74) is 1.95. The molecule has 0 aliphatic carbocycles. The SMILES string of the molecule is CCC(Sc1cccc(NC(=O)/C(=C\c2cccc(OC)c2OC)NC(=O)c2ccccc2)c1)C(=O)Nc1ccccc1Cl. The van der Waals surface area contributed by atoms with Crippen molar-refractivity contribution in [1.29, 1.82) is 0 Å². The second kappa shape index (κ2) is 15.7. The standard InChI is InChI=1S/C34H32ClN3O5S/c1-4-30(34(41)37-27-18-9-8-17-26(27)35)44-25-16-11-15-24(21-25)36-33(40)28(38-32(39)22-12-6-5-7-13-22)20-23-14-10-19-29(42-2)31(23)43-3/h5-21,30H,4H2,1-3H3,(H,36,40)(H,37,41)(H,38,39)/b28-20+. The Bertz CT molecular complexity index is 1660. The first-order valence-corrected chi connectivity index (χ1v) is 15.0. The Morgan fingerprint density at radius 3 is 2.30 bits per heavy atom. The van der Waals surface area contributed by atoms with E-state index in [1.54, 1.807) is 91.0 Å². The fraction of sp³-hybridized carbons (Fsp3) is 0.147. The third kappa shape index (κ3) is 8.43. The number of nitrogens with one attached hydrogen (secondary N) is 3. The highest BCUT2D eigenvalue weighted by molar-refractivity contribution is 8.00. The fourth-order valence-electron chi connectivity index (χ4n) is 4.23. The summed E-state index contributed by atoms with van der Waals surface area (Å²) in [5, 5.41) is 8.54. The smallest absolute Gasteiger partial charge is 0.272 e. The molecule has 10 heteroatoms. The number of halogens is 1. The van der Waals surface area contributed by atoms with Crippen molar-refractivity contribution in [3.63, 3.8) is 0 Å². The first-order chi connectivity index (χ1) is 21.3. The number of methoxy groups -OCH3 is 2. The van der Waals surface area contributed by atoms with Crippen molar-refractivity contribution in [3.8, 4) is 11.5 Å². The lowest BCUT2D eigenvalue weighted by molar-refractivity contribution is -0.116. The molecule has 1 unspecified atom stereocenters. The van der Waals surface area contributed by atoms with Crippen LogP contribution >= 0.6 is 23.4 Å². The fourth-order valence-corrected chi connectivity index (χ4v) is 5.43. The van der Waals surface area contributed by atoms with Crippen LogP contribution in [0.3, 0.4) is 0 Å². The van der Waals surface area contributed by atoms with Gasteiger partial charge in [0.05, 0.1) is 30.2 Å². The van der Waals surface area contributed by atoms with Gasteiger partial charge in [-0.3, -0.25) is 14.4 Å². The monoisotopic (exact) mass is 629 g/mol. The van der Waals surface area contributed by atoms with Crippen molar-refractivity contribution >= 4 is 58.5 Å². The highest BCUT2D eigenvalue weighted by Crippen LogP contribution is 2.33. The molecule has 0 saturated carbocycles. The van der Waals surface area contributed by atoms with Crippen molar-refractivity contribution in [1.82, 2.24) is 5.32 Å². The normalized spacial score (nSPS) is 11.7. The minimum atomic E-state index is -0.551. The van der Waals surface area contributed by atoms with Crippen molar-refractivity contribution in [2.45, 2.75) is 23.5 Å². The highest BCUT2D eigenvalue weighted by atomic mass is 35.5. The number of carbonyl (C=O) groups is 3. The Morgan fingerprint density at radius 2 is 1.59 bits per heavy atom. The summed E-state index contributed by atoms with van der Waals surface area (Å²) in [6, 6.07) is 28.1. The third-order valence-corrected chi connectivity index (χ3v) is 8.11. The number of para-hydroxylation sites is 2. The summed E-state index contributed by atoms with van der Waals surface area (Å²) in [5.74, 6) is -0.295. The highest BCUT2D eigenvalue weighted by Gasteiger charge is 2.20. The molecule has 0 heterocycles. The van der Waals surface area contributed by atoms with Crippen LogP contribution in [0.15, 0.2) is 108 Å². The van der Waals surface area contributed by atoms with Gasteiger partial charge in [-0.15, -0.1) is 11.8 Å². The number of benzene rings is 4. The second-order valence-electron chi connectivity index (χ2n) is 9.43. The first kappa shape index (κ1) is 32.2. The van der Waals surface area contributed by atoms with E-state index < -0.39 is 17.1 Å². The van der Waals surface area contributed by atoms with Crippen LogP contribution in [0, 0.1) is 0 Å². The Hall–Kier alpha value is -4.73. The van der Waals surface area contributed by atoms with Gasteiger partial charge in [0.25, 0.3) is 11.8 Å². The van der Waals surface area contributed by atoms with E-state index >= 15 is 0 Å². The van der Waals surface area contributed by atoms with Crippen LogP contribution in [-0.4, -0.2) is 37.2 Å². The molecular weight excluding hydrogens is 598 g/mol. The Morgan fingerprint density at radius 1 is 0.864 bits per heavy atom. The maximum absolute atomic E-state index is 13.6. The van der Waals surface area contributed by atoms with Gasteiger partial charge in [0.15, 0.2) is 11.5 Å². The molecule has 3 amide bonds. The van der Waals surface area contributed by atoms with Crippen molar-refractivity contribution in [2.24, 2.45) is 0 Å². The molecule has 1 atom stereocenters. The van der Waals surface area contributed by atoms with Crippen LogP contribution in [0.1, 0.15) is 29.3 Å². The molecule has 0 aliphatic heterocycles. The molecule has 44 heavy (non-hydrogen) atoms. The van der Waals surface area contributed by atoms with Gasteiger partial charge in [-0.1, -0.05) is 67.1 Å². The first-order valence-electron chi connectivity index (χ1n) is 13.8. The molecule has 4 aromatic carbocycles. The van der Waals surface area contributed by atoms with Gasteiger partial charge in [-0.2, -0.15) is 0 Å². The summed E-state index contributed by atoms with van der Waals surface area (Å²) < 4.78 is 10.9. The minimum absolute atomic E-state index is 0.00554. The molecule has 0 spiro atoms. The predicted molar refractivity (Wildman–Crippen MR) is 177 cm³/mol. The Balaban J connectivity index is 1.56. The van der Waals surface area contributed by atoms with Gasteiger partial charge >= 0.3 is 0 Å². The number of hydrogen-bond donors (Lipinski definition) is 3. The lowest BCUT2D eigenvalue weighted by atomic mass is 10.1. The van der Waals surface area contributed by atoms with Crippen LogP contribution in [0.5, 0.6) is 11.5 Å². The Kier molecular flexibility index (Phi) is 11.5. The van der Waals surface area contributed by atoms with Gasteiger partial charge in [0.1, 0.15) is 5.70 Å². The molecule has 8 nitrogen and oxygen atoms in total. The van der Waals surface area contributed by atoms with E-state index in [9.17, 15) is 14.4 Å². The number of anilines is 2. The number of rotatable bonds is 12. The summed E-state index contributed by atoms with van der Waals surface area (Å²) >= 11 is 7.58. The van der Waals surface area contributed by atoms with E-state index in [1.165, 1.54) is 32.1 Å². The van der Waals surface area contributed by atoms with Gasteiger partial charge in [0, 0.05) is 21.7 Å². The van der Waals surface area contributed by atoms with Crippen LogP contribution in [0.25, 0.3) is 6.08 Å². The molecule has 0 aliphatic rings. The van der Waals surface area contributed by atoms with E-state index in [2.05, 4.69) is 16.0 Å². The number of carbonyl (C=O) groups excluding carboxylic acids is 3. The summed E-state index contributed by atoms with van der Waals surface area (Å²) in [4.78, 5) is 40.5. The zero-order valence-corrected chi connectivity index (χ0v) is 26.0. The van der Waals surface area contributed by atoms with E-state index in [-0.39, 0.29) is 11.6 Å². The van der Waals surface area contributed by atoms with Gasteiger partial charge in [-0.25, -0.2) is 0 Å². The lowest BCUT2D eigenvalue weighted by Gasteiger charge is -2.16. The van der Waals surface area contributed by atoms with E-state index in [1.807, 2.05) is 13.0 Å². The molecule has 0 aromatic heterocycles. The molecule has 4 rings (SSSR count). The zero-order valence-electron chi connectivity index (χ0n) is 24.4. The summed E-state index contributed by atoms with van der Waals surface area (Å²) in [6.45, 7) is 1.93. The molecule has 0 bridgehead atoms. The molecule has 3 N–H and O–H groups in total. The van der Waals surface area contributed by atoms with E-state index in [0.29, 0.717) is 45.4 Å². The van der Waals surface area contributed by atoms with Gasteiger partial charge < -0.3 is 25.4 Å². The topological polar surface area (TPSA) is 106 Å². The molecular formula is C34H32ClN3O5S. The van der Waals surface area contributed by atoms with Crippen LogP contribution < -0.4 is 25.4 Å². The summed E-state index contributed by atoms with van der Waals surface area (Å²) in [6.07, 6.45) is 2.10. The molecule has 226 valence electrons. The maximum Gasteiger partial charge on any atom is 0.272 e. The maximum atomic E-state index is 13.6. The van der Waals surface area contributed by atoms with Crippen LogP contribution in [0.4, 0.5) is 11.4 Å². The van der Waals surface area contributed by atoms with Crippen LogP contribution in [-0.2, 0) is 9.59 Å². The molecule has 0 radical (unpaired) electrons. The van der Waals surface area contributed by atoms with E-state index in [0.717, 1.165) is 4.90 Å². The predicted octanol–water partition coefficient (Wildman–Crippen LogP) is 7.28. The number of thioether (sulfide) groups is 1. The molecule has 4 aromatic rings. The zero-order chi connectivity index (χ0) is 31.5. The second-order valence-corrected chi connectivity index (χ2v) is 11.1. The van der Waals surface area contributed by atoms with Gasteiger partial charge in [-0.05, 0) is 61.0 Å². The molecule has 0 saturated heterocycles. The number of hydrogen-bond acceptors (Lipinski definition) is 6. The third-order valence-electron chi connectivity index (χ3n) is 6.43. The molecule has 0 fully saturated rings. The van der Waals surface area contributed by atoms with Crippen molar-refractivity contribution in [2.75, 3.05) is 24.9 Å². The average molecular weight is 630 g/mol.